The molecule has 0 aliphatic carbocycles. The molecular formula is C23H22FN2O2+. The number of halogens is 1. The number of phenolic OH excluding ortho intramolecular Hbond substituents is 1. The third kappa shape index (κ3) is 3.08. The third-order valence-electron chi connectivity index (χ3n) is 5.68. The Morgan fingerprint density at radius 2 is 1.68 bits per heavy atom. The molecule has 1 aliphatic rings. The molecule has 28 heavy (non-hydrogen) atoms. The van der Waals surface area contributed by atoms with Gasteiger partial charge in [-0.15, -0.1) is 0 Å². The van der Waals surface area contributed by atoms with Crippen molar-refractivity contribution in [3.05, 3.63) is 72.0 Å². The smallest absolute Gasteiger partial charge is 0.136 e. The molecule has 0 bridgehead atoms. The number of aromatic hydroxyl groups is 1. The van der Waals surface area contributed by atoms with Crippen LogP contribution in [-0.4, -0.2) is 31.3 Å². The highest BCUT2D eigenvalue weighted by molar-refractivity contribution is 6.05. The van der Waals surface area contributed by atoms with Crippen molar-refractivity contribution >= 4 is 27.6 Å². The van der Waals surface area contributed by atoms with Gasteiger partial charge in [-0.05, 0) is 42.5 Å². The highest BCUT2D eigenvalue weighted by Crippen LogP contribution is 2.33. The first-order chi connectivity index (χ1) is 13.7. The average molecular weight is 377 g/mol. The first-order valence-electron chi connectivity index (χ1n) is 9.64. The maximum Gasteiger partial charge on any atom is 0.136 e. The molecule has 0 atom stereocenters. The molecule has 142 valence electrons. The normalized spacial score (nSPS) is 15.5. The summed E-state index contributed by atoms with van der Waals surface area (Å²) in [5.74, 6) is 0.122. The van der Waals surface area contributed by atoms with Crippen molar-refractivity contribution in [2.24, 2.45) is 0 Å². The number of phenols is 1. The van der Waals surface area contributed by atoms with Gasteiger partial charge in [0.25, 0.3) is 0 Å². The van der Waals surface area contributed by atoms with Gasteiger partial charge in [-0.2, -0.15) is 0 Å². The van der Waals surface area contributed by atoms with Gasteiger partial charge in [0.2, 0.25) is 0 Å². The molecule has 1 saturated heterocycles. The van der Waals surface area contributed by atoms with Gasteiger partial charge in [0, 0.05) is 16.5 Å². The number of piperazine rings is 1. The zero-order valence-corrected chi connectivity index (χ0v) is 15.5. The maximum absolute atomic E-state index is 13.1. The second-order valence-corrected chi connectivity index (χ2v) is 7.47. The van der Waals surface area contributed by atoms with Crippen LogP contribution < -0.4 is 9.80 Å². The predicted molar refractivity (Wildman–Crippen MR) is 108 cm³/mol. The van der Waals surface area contributed by atoms with Gasteiger partial charge in [0.15, 0.2) is 0 Å². The molecule has 3 aromatic carbocycles. The van der Waals surface area contributed by atoms with Gasteiger partial charge >= 0.3 is 0 Å². The summed E-state index contributed by atoms with van der Waals surface area (Å²) in [6.07, 6.45) is 0. The fourth-order valence-electron chi connectivity index (χ4n) is 4.12. The molecule has 5 heteroatoms. The van der Waals surface area contributed by atoms with Crippen LogP contribution in [0.15, 0.2) is 65.1 Å². The van der Waals surface area contributed by atoms with Crippen LogP contribution in [0, 0.1) is 5.82 Å². The SMILES string of the molecule is Oc1cc2c(cc1C[NH+]1CCN(c3ccc(F)cc3)CC1)oc1ccccc12. The van der Waals surface area contributed by atoms with E-state index < -0.39 is 0 Å². The molecule has 4 aromatic rings. The standard InChI is InChI=1S/C23H21FN2O2/c24-17-5-7-18(8-6-17)26-11-9-25(10-12-26)15-16-13-23-20(14-21(16)27)19-3-1-2-4-22(19)28-23/h1-8,13-14,27H,9-12,15H2/p+1. The van der Waals surface area contributed by atoms with E-state index in [0.717, 1.165) is 65.9 Å². The molecule has 0 saturated carbocycles. The van der Waals surface area contributed by atoms with E-state index in [1.54, 1.807) is 0 Å². The average Bonchev–Trinajstić information content (AvgIpc) is 3.07. The van der Waals surface area contributed by atoms with Crippen LogP contribution in [-0.2, 0) is 6.54 Å². The second kappa shape index (κ2) is 6.84. The van der Waals surface area contributed by atoms with Crippen LogP contribution in [0.1, 0.15) is 5.56 Å². The Morgan fingerprint density at radius 1 is 0.929 bits per heavy atom. The molecule has 0 radical (unpaired) electrons. The van der Waals surface area contributed by atoms with Gasteiger partial charge in [0.05, 0.1) is 31.7 Å². The minimum absolute atomic E-state index is 0.204. The van der Waals surface area contributed by atoms with E-state index in [-0.39, 0.29) is 5.82 Å². The van der Waals surface area contributed by atoms with Crippen molar-refractivity contribution < 1.29 is 18.8 Å². The Hall–Kier alpha value is -3.05. The van der Waals surface area contributed by atoms with E-state index in [2.05, 4.69) is 4.90 Å². The van der Waals surface area contributed by atoms with Crippen LogP contribution in [0.2, 0.25) is 0 Å². The summed E-state index contributed by atoms with van der Waals surface area (Å²) < 4.78 is 19.1. The Balaban J connectivity index is 1.32. The van der Waals surface area contributed by atoms with E-state index in [0.29, 0.717) is 5.75 Å². The number of nitrogens with zero attached hydrogens (tertiary/aromatic N) is 1. The minimum atomic E-state index is -0.204. The van der Waals surface area contributed by atoms with Gasteiger partial charge in [-0.1, -0.05) is 18.2 Å². The Morgan fingerprint density at radius 3 is 2.46 bits per heavy atom. The number of para-hydroxylation sites is 1. The summed E-state index contributed by atoms with van der Waals surface area (Å²) in [6, 6.07) is 18.4. The van der Waals surface area contributed by atoms with Crippen molar-refractivity contribution in [1.29, 1.82) is 0 Å². The van der Waals surface area contributed by atoms with Crippen LogP contribution >= 0.6 is 0 Å². The summed E-state index contributed by atoms with van der Waals surface area (Å²) >= 11 is 0. The number of hydrogen-bond donors (Lipinski definition) is 2. The molecule has 1 aliphatic heterocycles. The zero-order chi connectivity index (χ0) is 19.1. The lowest BCUT2D eigenvalue weighted by Gasteiger charge is -2.33. The van der Waals surface area contributed by atoms with E-state index in [9.17, 15) is 9.50 Å². The highest BCUT2D eigenvalue weighted by atomic mass is 19.1. The van der Waals surface area contributed by atoms with Crippen molar-refractivity contribution in [2.75, 3.05) is 31.1 Å². The van der Waals surface area contributed by atoms with Crippen LogP contribution in [0.25, 0.3) is 21.9 Å². The van der Waals surface area contributed by atoms with Crippen molar-refractivity contribution in [2.45, 2.75) is 6.54 Å². The molecule has 4 nitrogen and oxygen atoms in total. The fourth-order valence-corrected chi connectivity index (χ4v) is 4.12. The topological polar surface area (TPSA) is 41.1 Å². The summed E-state index contributed by atoms with van der Waals surface area (Å²) in [6.45, 7) is 4.52. The quantitative estimate of drug-likeness (QED) is 0.575. The molecule has 1 aromatic heterocycles. The Bertz CT molecular complexity index is 1130. The molecule has 2 heterocycles. The van der Waals surface area contributed by atoms with Crippen molar-refractivity contribution in [3.8, 4) is 5.75 Å². The number of fused-ring (bicyclic) bond motifs is 3. The first kappa shape index (κ1) is 17.1. The largest absolute Gasteiger partial charge is 0.507 e. The lowest BCUT2D eigenvalue weighted by molar-refractivity contribution is -0.914. The second-order valence-electron chi connectivity index (χ2n) is 7.47. The number of benzene rings is 3. The number of rotatable bonds is 3. The number of anilines is 1. The molecule has 0 amide bonds. The lowest BCUT2D eigenvalue weighted by Crippen LogP contribution is -3.13. The first-order valence-corrected chi connectivity index (χ1v) is 9.64. The van der Waals surface area contributed by atoms with Gasteiger partial charge in [0.1, 0.15) is 29.3 Å². The highest BCUT2D eigenvalue weighted by Gasteiger charge is 2.22. The lowest BCUT2D eigenvalue weighted by atomic mass is 10.1. The number of nitrogens with one attached hydrogen (secondary N) is 1. The zero-order valence-electron chi connectivity index (χ0n) is 15.5. The summed E-state index contributed by atoms with van der Waals surface area (Å²) in [4.78, 5) is 3.70. The third-order valence-corrected chi connectivity index (χ3v) is 5.68. The number of quaternary nitrogens is 1. The van der Waals surface area contributed by atoms with Crippen LogP contribution in [0.5, 0.6) is 5.75 Å². The number of hydrogen-bond acceptors (Lipinski definition) is 3. The molecule has 5 rings (SSSR count). The summed E-state index contributed by atoms with van der Waals surface area (Å²) in [5, 5.41) is 12.6. The molecule has 0 unspecified atom stereocenters. The van der Waals surface area contributed by atoms with Gasteiger partial charge in [-0.3, -0.25) is 0 Å². The van der Waals surface area contributed by atoms with Crippen molar-refractivity contribution in [3.63, 3.8) is 0 Å². The monoisotopic (exact) mass is 377 g/mol. The van der Waals surface area contributed by atoms with E-state index >= 15 is 0 Å². The fraction of sp³-hybridized carbons (Fsp3) is 0.217. The summed E-state index contributed by atoms with van der Waals surface area (Å²) in [7, 11) is 0. The van der Waals surface area contributed by atoms with E-state index in [1.165, 1.54) is 17.0 Å². The van der Waals surface area contributed by atoms with Gasteiger partial charge < -0.3 is 19.3 Å². The Kier molecular flexibility index (Phi) is 4.17. The van der Waals surface area contributed by atoms with Gasteiger partial charge in [-0.25, -0.2) is 4.39 Å². The maximum atomic E-state index is 13.1. The molecule has 2 N–H and O–H groups in total. The number of furan rings is 1. The van der Waals surface area contributed by atoms with Crippen LogP contribution in [0.3, 0.4) is 0 Å². The summed E-state index contributed by atoms with van der Waals surface area (Å²) in [5.41, 5.74) is 3.64. The predicted octanol–water partition coefficient (Wildman–Crippen LogP) is 3.34. The molecule has 1 fully saturated rings. The van der Waals surface area contributed by atoms with E-state index in [4.69, 9.17) is 4.42 Å². The minimum Gasteiger partial charge on any atom is -0.507 e. The Labute approximate surface area is 162 Å². The molecule has 0 spiro atoms. The van der Waals surface area contributed by atoms with E-state index in [1.807, 2.05) is 48.5 Å². The molecular weight excluding hydrogens is 355 g/mol. The van der Waals surface area contributed by atoms with Crippen LogP contribution in [0.4, 0.5) is 10.1 Å². The van der Waals surface area contributed by atoms with Crippen molar-refractivity contribution in [1.82, 2.24) is 0 Å².